The second kappa shape index (κ2) is 6.69. The van der Waals surface area contributed by atoms with Crippen molar-refractivity contribution in [3.05, 3.63) is 35.6 Å². The summed E-state index contributed by atoms with van der Waals surface area (Å²) in [5, 5.41) is 0. The lowest BCUT2D eigenvalue weighted by molar-refractivity contribution is -0.187. The molecule has 4 rings (SSSR count). The quantitative estimate of drug-likeness (QED) is 0.840. The van der Waals surface area contributed by atoms with Crippen LogP contribution in [0.2, 0.25) is 0 Å². The predicted molar refractivity (Wildman–Crippen MR) is 93.5 cm³/mol. The molecule has 2 heterocycles. The van der Waals surface area contributed by atoms with Gasteiger partial charge in [-0.25, -0.2) is 4.39 Å². The number of likely N-dealkylation sites (tertiary alicyclic amines) is 1. The number of benzene rings is 1. The number of rotatable bonds is 4. The zero-order chi connectivity index (χ0) is 17.4. The van der Waals surface area contributed by atoms with Crippen LogP contribution in [-0.4, -0.2) is 53.6 Å². The molecule has 0 radical (unpaired) electrons. The van der Waals surface area contributed by atoms with Crippen LogP contribution in [0.1, 0.15) is 38.2 Å². The van der Waals surface area contributed by atoms with E-state index < -0.39 is 0 Å². The fourth-order valence-electron chi connectivity index (χ4n) is 4.25. The molecular weight excluding hydrogens is 319 g/mol. The second-order valence-corrected chi connectivity index (χ2v) is 7.92. The number of ether oxygens (including phenoxy) is 1. The average molecular weight is 346 g/mol. The van der Waals surface area contributed by atoms with Crippen molar-refractivity contribution in [3.8, 4) is 0 Å². The highest BCUT2D eigenvalue weighted by Gasteiger charge is 2.48. The van der Waals surface area contributed by atoms with Crippen LogP contribution in [0.25, 0.3) is 0 Å². The number of hydrogen-bond donors (Lipinski definition) is 0. The van der Waals surface area contributed by atoms with E-state index in [-0.39, 0.29) is 30.0 Å². The van der Waals surface area contributed by atoms with Crippen LogP contribution in [0.3, 0.4) is 0 Å². The largest absolute Gasteiger partial charge is 0.363 e. The zero-order valence-electron chi connectivity index (χ0n) is 14.9. The van der Waals surface area contributed by atoms with Crippen LogP contribution in [0.4, 0.5) is 4.39 Å². The molecule has 2 saturated heterocycles. The molecule has 1 atom stereocenters. The lowest BCUT2D eigenvalue weighted by atomic mass is 9.82. The topological polar surface area (TPSA) is 32.8 Å². The van der Waals surface area contributed by atoms with Crippen molar-refractivity contribution in [2.45, 2.75) is 50.8 Å². The molecule has 136 valence electrons. The standard InChI is InChI=1S/C20H27FN2O2/c1-15-20(25-14-19(24)23(15)13-17-2-3-17)8-10-22(11-9-20)12-16-4-6-18(21)7-5-16/h4-7,15,17H,2-3,8-14H2,1H3/t15-/m1/s1. The van der Waals surface area contributed by atoms with Gasteiger partial charge in [0.2, 0.25) is 5.91 Å². The third kappa shape index (κ3) is 3.58. The van der Waals surface area contributed by atoms with Crippen molar-refractivity contribution in [1.29, 1.82) is 0 Å². The number of nitrogens with zero attached hydrogens (tertiary/aromatic N) is 2. The van der Waals surface area contributed by atoms with E-state index in [0.717, 1.165) is 44.6 Å². The molecule has 1 saturated carbocycles. The third-order valence-corrected chi connectivity index (χ3v) is 6.21. The van der Waals surface area contributed by atoms with Crippen molar-refractivity contribution in [2.24, 2.45) is 5.92 Å². The van der Waals surface area contributed by atoms with Crippen LogP contribution in [0, 0.1) is 11.7 Å². The van der Waals surface area contributed by atoms with Gasteiger partial charge in [-0.2, -0.15) is 0 Å². The number of piperidine rings is 1. The van der Waals surface area contributed by atoms with Crippen LogP contribution in [-0.2, 0) is 16.1 Å². The van der Waals surface area contributed by atoms with Gasteiger partial charge in [0, 0.05) is 26.2 Å². The van der Waals surface area contributed by atoms with Crippen molar-refractivity contribution in [1.82, 2.24) is 9.80 Å². The Bertz CT molecular complexity index is 621. The number of halogens is 1. The molecule has 0 bridgehead atoms. The minimum atomic E-state index is -0.192. The maximum Gasteiger partial charge on any atom is 0.248 e. The fraction of sp³-hybridized carbons (Fsp3) is 0.650. The Labute approximate surface area is 148 Å². The van der Waals surface area contributed by atoms with Gasteiger partial charge < -0.3 is 9.64 Å². The monoisotopic (exact) mass is 346 g/mol. The first kappa shape index (κ1) is 17.0. The molecule has 0 unspecified atom stereocenters. The molecule has 25 heavy (non-hydrogen) atoms. The van der Waals surface area contributed by atoms with Gasteiger partial charge in [-0.15, -0.1) is 0 Å². The Morgan fingerprint density at radius 1 is 1.20 bits per heavy atom. The summed E-state index contributed by atoms with van der Waals surface area (Å²) in [6.45, 7) is 6.05. The lowest BCUT2D eigenvalue weighted by Crippen LogP contribution is -2.64. The van der Waals surface area contributed by atoms with E-state index in [1.54, 1.807) is 0 Å². The van der Waals surface area contributed by atoms with Gasteiger partial charge in [0.1, 0.15) is 12.4 Å². The zero-order valence-corrected chi connectivity index (χ0v) is 14.9. The summed E-state index contributed by atoms with van der Waals surface area (Å²) in [6.07, 6.45) is 4.42. The summed E-state index contributed by atoms with van der Waals surface area (Å²) >= 11 is 0. The molecule has 3 aliphatic rings. The van der Waals surface area contributed by atoms with Crippen LogP contribution >= 0.6 is 0 Å². The van der Waals surface area contributed by atoms with Crippen molar-refractivity contribution in [2.75, 3.05) is 26.2 Å². The average Bonchev–Trinajstić information content (AvgIpc) is 3.44. The Hall–Kier alpha value is -1.46. The molecule has 1 aromatic rings. The van der Waals surface area contributed by atoms with Gasteiger partial charge in [0.05, 0.1) is 11.6 Å². The molecule has 1 aromatic carbocycles. The molecule has 1 spiro atoms. The second-order valence-electron chi connectivity index (χ2n) is 7.92. The van der Waals surface area contributed by atoms with Gasteiger partial charge in [-0.1, -0.05) is 12.1 Å². The number of carbonyl (C=O) groups is 1. The molecule has 1 amide bonds. The minimum absolute atomic E-state index is 0.152. The van der Waals surface area contributed by atoms with Crippen LogP contribution < -0.4 is 0 Å². The fourth-order valence-corrected chi connectivity index (χ4v) is 4.25. The maximum atomic E-state index is 13.0. The summed E-state index contributed by atoms with van der Waals surface area (Å²) < 4.78 is 19.2. The van der Waals surface area contributed by atoms with Gasteiger partial charge in [-0.3, -0.25) is 9.69 Å². The smallest absolute Gasteiger partial charge is 0.248 e. The van der Waals surface area contributed by atoms with Crippen molar-refractivity contribution >= 4 is 5.91 Å². The normalized spacial score (nSPS) is 27.0. The first-order chi connectivity index (χ1) is 12.1. The Morgan fingerprint density at radius 2 is 1.88 bits per heavy atom. The molecule has 1 aliphatic carbocycles. The number of amides is 1. The predicted octanol–water partition coefficient (Wildman–Crippen LogP) is 2.82. The minimum Gasteiger partial charge on any atom is -0.363 e. The van der Waals surface area contributed by atoms with Gasteiger partial charge in [0.15, 0.2) is 0 Å². The number of hydrogen-bond acceptors (Lipinski definition) is 3. The van der Waals surface area contributed by atoms with E-state index >= 15 is 0 Å². The first-order valence-electron chi connectivity index (χ1n) is 9.46. The lowest BCUT2D eigenvalue weighted by Gasteiger charge is -2.51. The molecule has 0 N–H and O–H groups in total. The highest BCUT2D eigenvalue weighted by molar-refractivity contribution is 5.78. The van der Waals surface area contributed by atoms with Crippen LogP contribution in [0.5, 0.6) is 0 Å². The van der Waals surface area contributed by atoms with Gasteiger partial charge >= 0.3 is 0 Å². The van der Waals surface area contributed by atoms with E-state index in [2.05, 4.69) is 16.7 Å². The highest BCUT2D eigenvalue weighted by Crippen LogP contribution is 2.38. The van der Waals surface area contributed by atoms with Gasteiger partial charge in [-0.05, 0) is 56.2 Å². The molecular formula is C20H27FN2O2. The van der Waals surface area contributed by atoms with E-state index in [1.165, 1.54) is 25.0 Å². The van der Waals surface area contributed by atoms with Gasteiger partial charge in [0.25, 0.3) is 0 Å². The summed E-state index contributed by atoms with van der Waals surface area (Å²) in [6, 6.07) is 6.91. The molecule has 5 heteroatoms. The highest BCUT2D eigenvalue weighted by atomic mass is 19.1. The SMILES string of the molecule is C[C@H]1N(CC2CC2)C(=O)COC12CCN(Cc1ccc(F)cc1)CC2. The maximum absolute atomic E-state index is 13.0. The molecule has 2 aliphatic heterocycles. The Balaban J connectivity index is 1.37. The summed E-state index contributed by atoms with van der Waals surface area (Å²) in [5.41, 5.74) is 0.947. The number of carbonyl (C=O) groups excluding carboxylic acids is 1. The third-order valence-electron chi connectivity index (χ3n) is 6.21. The molecule has 4 nitrogen and oxygen atoms in total. The van der Waals surface area contributed by atoms with E-state index in [9.17, 15) is 9.18 Å². The number of morpholine rings is 1. The van der Waals surface area contributed by atoms with E-state index in [0.29, 0.717) is 5.92 Å². The van der Waals surface area contributed by atoms with E-state index in [1.807, 2.05) is 12.1 Å². The van der Waals surface area contributed by atoms with E-state index in [4.69, 9.17) is 4.74 Å². The Morgan fingerprint density at radius 3 is 2.52 bits per heavy atom. The molecule has 0 aromatic heterocycles. The summed E-state index contributed by atoms with van der Waals surface area (Å²) in [5.74, 6) is 0.671. The van der Waals surface area contributed by atoms with Crippen molar-refractivity contribution in [3.63, 3.8) is 0 Å². The van der Waals surface area contributed by atoms with Crippen molar-refractivity contribution < 1.29 is 13.9 Å². The molecule has 3 fully saturated rings. The van der Waals surface area contributed by atoms with Crippen LogP contribution in [0.15, 0.2) is 24.3 Å². The summed E-state index contributed by atoms with van der Waals surface area (Å²) in [4.78, 5) is 16.8. The summed E-state index contributed by atoms with van der Waals surface area (Å²) in [7, 11) is 0. The first-order valence-corrected chi connectivity index (χ1v) is 9.46. The Kier molecular flexibility index (Phi) is 4.54.